The minimum absolute atomic E-state index is 0.0974. The van der Waals surface area contributed by atoms with E-state index in [1.54, 1.807) is 35.7 Å². The van der Waals surface area contributed by atoms with E-state index in [1.807, 2.05) is 6.07 Å². The highest BCUT2D eigenvalue weighted by molar-refractivity contribution is 7.15. The van der Waals surface area contributed by atoms with Gasteiger partial charge < -0.3 is 9.47 Å². The first-order valence-corrected chi connectivity index (χ1v) is 12.5. The molecule has 0 spiro atoms. The molecule has 0 saturated heterocycles. The average molecular weight is 495 g/mol. The number of ether oxygens (including phenoxy) is 2. The van der Waals surface area contributed by atoms with Crippen LogP contribution < -0.4 is 14.8 Å². The zero-order valence-corrected chi connectivity index (χ0v) is 20.1. The topological polar surface area (TPSA) is 114 Å². The first-order valence-electron chi connectivity index (χ1n) is 10.8. The van der Waals surface area contributed by atoms with Crippen LogP contribution in [0.15, 0.2) is 41.3 Å². The maximum absolute atomic E-state index is 12.7. The molecule has 2 aromatic heterocycles. The molecular weight excluding hydrogens is 472 g/mol. The first-order chi connectivity index (χ1) is 16.6. The Morgan fingerprint density at radius 1 is 1.18 bits per heavy atom. The van der Waals surface area contributed by atoms with Gasteiger partial charge in [-0.2, -0.15) is 5.26 Å². The summed E-state index contributed by atoms with van der Waals surface area (Å²) < 4.78 is 10.7. The summed E-state index contributed by atoms with van der Waals surface area (Å²) in [6.07, 6.45) is 7.23. The van der Waals surface area contributed by atoms with Crippen LogP contribution in [0.1, 0.15) is 58.3 Å². The first kappa shape index (κ1) is 23.6. The molecule has 3 aromatic rings. The van der Waals surface area contributed by atoms with Crippen molar-refractivity contribution in [1.82, 2.24) is 10.2 Å². The Morgan fingerprint density at radius 2 is 2.00 bits per heavy atom. The van der Waals surface area contributed by atoms with Crippen molar-refractivity contribution in [3.8, 4) is 17.6 Å². The molecule has 174 valence electrons. The largest absolute Gasteiger partial charge is 0.493 e. The number of benzene rings is 1. The second kappa shape index (κ2) is 11.0. The Bertz CT molecular complexity index is 1240. The molecule has 1 aliphatic carbocycles. The number of anilines is 1. The number of aromatic nitrogens is 2. The number of hydrogen-bond donors (Lipinski definition) is 1. The van der Waals surface area contributed by atoms with Crippen LogP contribution in [0.25, 0.3) is 6.08 Å². The standard InChI is InChI=1S/C24H22N4O4S2/c1-31-19-13-15(9-10-18(19)32-23(30)20-8-5-11-33-20)12-17(14-25)21(29)26-24-28-27-22(34-24)16-6-3-2-4-7-16/h5,8-13,16H,2-4,6-7H2,1H3,(H,26,28,29)/b17-12-. The third kappa shape index (κ3) is 5.68. The van der Waals surface area contributed by atoms with Crippen LogP contribution in [0.5, 0.6) is 11.5 Å². The lowest BCUT2D eigenvalue weighted by Gasteiger charge is -2.18. The molecule has 0 unspecified atom stereocenters. The average Bonchev–Trinajstić information content (AvgIpc) is 3.56. The second-order valence-corrected chi connectivity index (χ2v) is 9.64. The number of nitrogens with one attached hydrogen (secondary N) is 1. The number of rotatable bonds is 7. The van der Waals surface area contributed by atoms with Crippen molar-refractivity contribution in [1.29, 1.82) is 5.26 Å². The fraction of sp³-hybridized carbons (Fsp3) is 0.292. The lowest BCUT2D eigenvalue weighted by Crippen LogP contribution is -2.13. The zero-order valence-electron chi connectivity index (χ0n) is 18.4. The molecular formula is C24H22N4O4S2. The zero-order chi connectivity index (χ0) is 23.9. The van der Waals surface area contributed by atoms with Gasteiger partial charge in [0.05, 0.1) is 7.11 Å². The number of methoxy groups -OCH3 is 1. The molecule has 0 aliphatic heterocycles. The van der Waals surface area contributed by atoms with E-state index in [1.165, 1.54) is 55.1 Å². The third-order valence-corrected chi connectivity index (χ3v) is 7.26. The molecule has 34 heavy (non-hydrogen) atoms. The highest BCUT2D eigenvalue weighted by Gasteiger charge is 2.21. The normalized spacial score (nSPS) is 14.3. The van der Waals surface area contributed by atoms with Gasteiger partial charge in [-0.1, -0.05) is 42.7 Å². The molecule has 8 nitrogen and oxygen atoms in total. The van der Waals surface area contributed by atoms with Crippen LogP contribution in [0.2, 0.25) is 0 Å². The quantitative estimate of drug-likeness (QED) is 0.202. The van der Waals surface area contributed by atoms with Crippen molar-refractivity contribution >= 4 is 45.8 Å². The lowest BCUT2D eigenvalue weighted by molar-refractivity contribution is -0.112. The van der Waals surface area contributed by atoms with Gasteiger partial charge in [-0.15, -0.1) is 21.5 Å². The summed E-state index contributed by atoms with van der Waals surface area (Å²) >= 11 is 2.63. The molecule has 1 fully saturated rings. The number of esters is 1. The summed E-state index contributed by atoms with van der Waals surface area (Å²) in [5, 5.41) is 23.6. The highest BCUT2D eigenvalue weighted by Crippen LogP contribution is 2.35. The number of carbonyl (C=O) groups excluding carboxylic acids is 2. The summed E-state index contributed by atoms with van der Waals surface area (Å²) in [5.41, 5.74) is 0.444. The predicted octanol–water partition coefficient (Wildman–Crippen LogP) is 5.42. The predicted molar refractivity (Wildman–Crippen MR) is 130 cm³/mol. The van der Waals surface area contributed by atoms with Crippen molar-refractivity contribution in [2.45, 2.75) is 38.0 Å². The fourth-order valence-electron chi connectivity index (χ4n) is 3.68. The minimum atomic E-state index is -0.569. The van der Waals surface area contributed by atoms with Gasteiger partial charge in [-0.25, -0.2) is 4.79 Å². The van der Waals surface area contributed by atoms with E-state index in [4.69, 9.17) is 9.47 Å². The van der Waals surface area contributed by atoms with E-state index < -0.39 is 11.9 Å². The number of carbonyl (C=O) groups is 2. The second-order valence-electron chi connectivity index (χ2n) is 7.68. The van der Waals surface area contributed by atoms with Crippen LogP contribution in [-0.2, 0) is 4.79 Å². The SMILES string of the molecule is COc1cc(/C=C(/C#N)C(=O)Nc2nnc(C3CCCCC3)s2)ccc1OC(=O)c1cccs1. The van der Waals surface area contributed by atoms with Crippen molar-refractivity contribution in [2.24, 2.45) is 0 Å². The van der Waals surface area contributed by atoms with Gasteiger partial charge in [0.15, 0.2) is 11.5 Å². The van der Waals surface area contributed by atoms with Gasteiger partial charge in [0.25, 0.3) is 5.91 Å². The molecule has 10 heteroatoms. The summed E-state index contributed by atoms with van der Waals surface area (Å²) in [6, 6.07) is 10.1. The smallest absolute Gasteiger partial charge is 0.353 e. The molecule has 0 radical (unpaired) electrons. The molecule has 1 aromatic carbocycles. The third-order valence-electron chi connectivity index (χ3n) is 5.40. The van der Waals surface area contributed by atoms with Gasteiger partial charge in [-0.3, -0.25) is 10.1 Å². The Balaban J connectivity index is 1.46. The summed E-state index contributed by atoms with van der Waals surface area (Å²) in [7, 11) is 1.45. The number of nitriles is 1. The fourth-order valence-corrected chi connectivity index (χ4v) is 5.19. The number of thiophene rings is 1. The number of hydrogen-bond acceptors (Lipinski definition) is 9. The van der Waals surface area contributed by atoms with Crippen LogP contribution in [0.3, 0.4) is 0 Å². The van der Waals surface area contributed by atoms with Gasteiger partial charge in [-0.05, 0) is 48.1 Å². The Morgan fingerprint density at radius 3 is 2.71 bits per heavy atom. The van der Waals surface area contributed by atoms with E-state index in [0.717, 1.165) is 17.8 Å². The molecule has 1 N–H and O–H groups in total. The van der Waals surface area contributed by atoms with E-state index in [0.29, 0.717) is 27.2 Å². The van der Waals surface area contributed by atoms with Crippen LogP contribution in [-0.4, -0.2) is 29.2 Å². The van der Waals surface area contributed by atoms with E-state index >= 15 is 0 Å². The van der Waals surface area contributed by atoms with Crippen molar-refractivity contribution < 1.29 is 19.1 Å². The molecule has 4 rings (SSSR count). The Kier molecular flexibility index (Phi) is 7.67. The monoisotopic (exact) mass is 494 g/mol. The van der Waals surface area contributed by atoms with Gasteiger partial charge in [0.2, 0.25) is 5.13 Å². The van der Waals surface area contributed by atoms with Gasteiger partial charge >= 0.3 is 5.97 Å². The summed E-state index contributed by atoms with van der Waals surface area (Å²) in [6.45, 7) is 0. The minimum Gasteiger partial charge on any atom is -0.493 e. The molecule has 1 amide bonds. The number of amides is 1. The highest BCUT2D eigenvalue weighted by atomic mass is 32.1. The Hall–Kier alpha value is -3.55. The van der Waals surface area contributed by atoms with E-state index in [-0.39, 0.29) is 11.3 Å². The van der Waals surface area contributed by atoms with Gasteiger partial charge in [0.1, 0.15) is 21.5 Å². The van der Waals surface area contributed by atoms with Crippen LogP contribution in [0.4, 0.5) is 5.13 Å². The van der Waals surface area contributed by atoms with Crippen LogP contribution in [0, 0.1) is 11.3 Å². The van der Waals surface area contributed by atoms with Crippen molar-refractivity contribution in [3.63, 3.8) is 0 Å². The summed E-state index contributed by atoms with van der Waals surface area (Å²) in [4.78, 5) is 25.4. The van der Waals surface area contributed by atoms with Crippen molar-refractivity contribution in [2.75, 3.05) is 12.4 Å². The molecule has 1 saturated carbocycles. The summed E-state index contributed by atoms with van der Waals surface area (Å²) in [5.74, 6) is -0.121. The Labute approximate surface area is 204 Å². The number of nitrogens with zero attached hydrogens (tertiary/aromatic N) is 3. The molecule has 2 heterocycles. The van der Waals surface area contributed by atoms with E-state index in [2.05, 4.69) is 15.5 Å². The molecule has 0 bridgehead atoms. The van der Waals surface area contributed by atoms with Crippen LogP contribution >= 0.6 is 22.7 Å². The van der Waals surface area contributed by atoms with Gasteiger partial charge in [0, 0.05) is 5.92 Å². The maximum Gasteiger partial charge on any atom is 0.353 e. The maximum atomic E-state index is 12.7. The molecule has 1 aliphatic rings. The molecule has 0 atom stereocenters. The van der Waals surface area contributed by atoms with Crippen molar-refractivity contribution in [3.05, 3.63) is 56.7 Å². The lowest BCUT2D eigenvalue weighted by atomic mass is 9.90. The van der Waals surface area contributed by atoms with E-state index in [9.17, 15) is 14.9 Å².